The third-order valence-corrected chi connectivity index (χ3v) is 3.24. The molecule has 1 heterocycles. The van der Waals surface area contributed by atoms with Gasteiger partial charge in [0.05, 0.1) is 12.5 Å². The molecule has 100 valence electrons. The Labute approximate surface area is 113 Å². The van der Waals surface area contributed by atoms with Gasteiger partial charge in [0.25, 0.3) is 0 Å². The van der Waals surface area contributed by atoms with Gasteiger partial charge < -0.3 is 4.74 Å². The molecule has 0 bridgehead atoms. The summed E-state index contributed by atoms with van der Waals surface area (Å²) in [7, 11) is 0. The van der Waals surface area contributed by atoms with E-state index in [1.165, 1.54) is 0 Å². The number of pyridine rings is 1. The number of carbonyl (C=O) groups is 1. The number of esters is 1. The molecule has 19 heavy (non-hydrogen) atoms. The highest BCUT2D eigenvalue weighted by Crippen LogP contribution is 2.29. The van der Waals surface area contributed by atoms with Crippen LogP contribution >= 0.6 is 0 Å². The summed E-state index contributed by atoms with van der Waals surface area (Å²) < 4.78 is 5.20. The van der Waals surface area contributed by atoms with Gasteiger partial charge in [0, 0.05) is 17.8 Å². The van der Waals surface area contributed by atoms with Crippen molar-refractivity contribution in [2.75, 3.05) is 6.61 Å². The van der Waals surface area contributed by atoms with Gasteiger partial charge in [0.15, 0.2) is 0 Å². The summed E-state index contributed by atoms with van der Waals surface area (Å²) in [6.45, 7) is 4.34. The number of ether oxygens (including phenoxy) is 1. The number of aromatic nitrogens is 1. The molecule has 0 radical (unpaired) electrons. The Kier molecular flexibility index (Phi) is 4.50. The summed E-state index contributed by atoms with van der Waals surface area (Å²) in [6, 6.07) is 7.99. The van der Waals surface area contributed by atoms with Crippen molar-refractivity contribution in [2.45, 2.75) is 32.6 Å². The molecular weight excluding hydrogens is 238 g/mol. The number of rotatable bonds is 5. The van der Waals surface area contributed by atoms with Crippen molar-refractivity contribution < 1.29 is 9.53 Å². The quantitative estimate of drug-likeness (QED) is 0.767. The van der Waals surface area contributed by atoms with Crippen molar-refractivity contribution in [3.63, 3.8) is 0 Å². The lowest BCUT2D eigenvalue weighted by atomic mass is 9.91. The van der Waals surface area contributed by atoms with E-state index < -0.39 is 0 Å². The Morgan fingerprint density at radius 2 is 2.16 bits per heavy atom. The Hall–Kier alpha value is -1.90. The van der Waals surface area contributed by atoms with E-state index in [-0.39, 0.29) is 11.9 Å². The molecule has 0 spiro atoms. The fourth-order valence-corrected chi connectivity index (χ4v) is 2.37. The monoisotopic (exact) mass is 257 g/mol. The molecule has 0 amide bonds. The number of benzene rings is 1. The minimum atomic E-state index is -0.196. The van der Waals surface area contributed by atoms with Gasteiger partial charge in [0.2, 0.25) is 0 Å². The second-order valence-corrected chi connectivity index (χ2v) is 4.54. The lowest BCUT2D eigenvalue weighted by Crippen LogP contribution is -2.16. The molecule has 2 rings (SSSR count). The Morgan fingerprint density at radius 3 is 2.89 bits per heavy atom. The van der Waals surface area contributed by atoms with Crippen LogP contribution in [0.1, 0.15) is 38.2 Å². The lowest BCUT2D eigenvalue weighted by molar-refractivity contribution is -0.145. The molecule has 0 fully saturated rings. The van der Waals surface area contributed by atoms with E-state index in [1.807, 2.05) is 37.4 Å². The van der Waals surface area contributed by atoms with Crippen molar-refractivity contribution in [1.82, 2.24) is 4.98 Å². The van der Waals surface area contributed by atoms with E-state index >= 15 is 0 Å². The van der Waals surface area contributed by atoms with Crippen LogP contribution in [0.5, 0.6) is 0 Å². The Bertz CT molecular complexity index is 560. The molecule has 0 aliphatic rings. The Balaban J connectivity index is 2.46. The third kappa shape index (κ3) is 2.92. The topological polar surface area (TPSA) is 39.2 Å². The molecule has 0 saturated carbocycles. The molecule has 1 unspecified atom stereocenters. The maximum absolute atomic E-state index is 12.1. The van der Waals surface area contributed by atoms with E-state index in [1.54, 1.807) is 6.20 Å². The summed E-state index contributed by atoms with van der Waals surface area (Å²) in [5.74, 6) is -0.335. The fraction of sp³-hybridized carbons (Fsp3) is 0.375. The number of hydrogen-bond donors (Lipinski definition) is 0. The summed E-state index contributed by atoms with van der Waals surface area (Å²) in [4.78, 5) is 16.3. The first kappa shape index (κ1) is 13.5. The SMILES string of the molecule is CCCC(C(=O)OCC)c1cccc2ccncc12. The van der Waals surface area contributed by atoms with Gasteiger partial charge in [-0.1, -0.05) is 31.5 Å². The van der Waals surface area contributed by atoms with Crippen LogP contribution in [-0.4, -0.2) is 17.6 Å². The number of nitrogens with zero attached hydrogens (tertiary/aromatic N) is 1. The molecule has 3 heteroatoms. The van der Waals surface area contributed by atoms with E-state index in [9.17, 15) is 4.79 Å². The number of hydrogen-bond acceptors (Lipinski definition) is 3. The van der Waals surface area contributed by atoms with Gasteiger partial charge in [-0.25, -0.2) is 0 Å². The molecule has 1 atom stereocenters. The second-order valence-electron chi connectivity index (χ2n) is 4.54. The first-order valence-corrected chi connectivity index (χ1v) is 6.77. The normalized spacial score (nSPS) is 12.3. The minimum absolute atomic E-state index is 0.138. The highest BCUT2D eigenvalue weighted by atomic mass is 16.5. The van der Waals surface area contributed by atoms with Crippen LogP contribution in [0.4, 0.5) is 0 Å². The fourth-order valence-electron chi connectivity index (χ4n) is 2.37. The molecular formula is C16H19NO2. The highest BCUT2D eigenvalue weighted by molar-refractivity contribution is 5.90. The van der Waals surface area contributed by atoms with E-state index in [4.69, 9.17) is 4.74 Å². The zero-order valence-corrected chi connectivity index (χ0v) is 11.4. The summed E-state index contributed by atoms with van der Waals surface area (Å²) in [5, 5.41) is 2.15. The first-order chi connectivity index (χ1) is 9.27. The van der Waals surface area contributed by atoms with Crippen molar-refractivity contribution in [3.8, 4) is 0 Å². The zero-order chi connectivity index (χ0) is 13.7. The van der Waals surface area contributed by atoms with E-state index in [0.29, 0.717) is 6.61 Å². The molecule has 3 nitrogen and oxygen atoms in total. The standard InChI is InChI=1S/C16H19NO2/c1-3-6-14(16(18)19-4-2)13-8-5-7-12-9-10-17-11-15(12)13/h5,7-11,14H,3-4,6H2,1-2H3. The number of carbonyl (C=O) groups excluding carboxylic acids is 1. The summed E-state index contributed by atoms with van der Waals surface area (Å²) in [6.07, 6.45) is 5.34. The van der Waals surface area contributed by atoms with Crippen LogP contribution in [0, 0.1) is 0 Å². The van der Waals surface area contributed by atoms with Crippen LogP contribution in [-0.2, 0) is 9.53 Å². The average Bonchev–Trinajstić information content (AvgIpc) is 2.44. The van der Waals surface area contributed by atoms with Crippen molar-refractivity contribution >= 4 is 16.7 Å². The molecule has 1 aromatic heterocycles. The predicted molar refractivity (Wildman–Crippen MR) is 76.0 cm³/mol. The van der Waals surface area contributed by atoms with Crippen LogP contribution in [0.2, 0.25) is 0 Å². The zero-order valence-electron chi connectivity index (χ0n) is 11.4. The summed E-state index contributed by atoms with van der Waals surface area (Å²) in [5.41, 5.74) is 1.02. The van der Waals surface area contributed by atoms with Crippen LogP contribution in [0.3, 0.4) is 0 Å². The maximum Gasteiger partial charge on any atom is 0.313 e. The van der Waals surface area contributed by atoms with Gasteiger partial charge in [-0.05, 0) is 30.4 Å². The van der Waals surface area contributed by atoms with Gasteiger partial charge in [-0.2, -0.15) is 0 Å². The molecule has 0 saturated heterocycles. The van der Waals surface area contributed by atoms with E-state index in [2.05, 4.69) is 11.9 Å². The van der Waals surface area contributed by atoms with Crippen molar-refractivity contribution in [3.05, 3.63) is 42.2 Å². The van der Waals surface area contributed by atoms with Crippen LogP contribution < -0.4 is 0 Å². The van der Waals surface area contributed by atoms with Crippen LogP contribution in [0.25, 0.3) is 10.8 Å². The summed E-state index contributed by atoms with van der Waals surface area (Å²) >= 11 is 0. The third-order valence-electron chi connectivity index (χ3n) is 3.24. The average molecular weight is 257 g/mol. The second kappa shape index (κ2) is 6.32. The molecule has 0 aliphatic heterocycles. The van der Waals surface area contributed by atoms with Crippen molar-refractivity contribution in [2.24, 2.45) is 0 Å². The highest BCUT2D eigenvalue weighted by Gasteiger charge is 2.22. The minimum Gasteiger partial charge on any atom is -0.466 e. The molecule has 1 aromatic carbocycles. The largest absolute Gasteiger partial charge is 0.466 e. The predicted octanol–water partition coefficient (Wildman–Crippen LogP) is 3.68. The first-order valence-electron chi connectivity index (χ1n) is 6.77. The van der Waals surface area contributed by atoms with Crippen LogP contribution in [0.15, 0.2) is 36.7 Å². The van der Waals surface area contributed by atoms with Gasteiger partial charge in [-0.15, -0.1) is 0 Å². The lowest BCUT2D eigenvalue weighted by Gasteiger charge is -2.17. The van der Waals surface area contributed by atoms with Crippen molar-refractivity contribution in [1.29, 1.82) is 0 Å². The van der Waals surface area contributed by atoms with Gasteiger partial charge in [0.1, 0.15) is 0 Å². The molecule has 0 aliphatic carbocycles. The molecule has 0 N–H and O–H groups in total. The Morgan fingerprint density at radius 1 is 1.32 bits per heavy atom. The molecule has 2 aromatic rings. The maximum atomic E-state index is 12.1. The number of fused-ring (bicyclic) bond motifs is 1. The van der Waals surface area contributed by atoms with E-state index in [0.717, 1.165) is 29.2 Å². The smallest absolute Gasteiger partial charge is 0.313 e. The van der Waals surface area contributed by atoms with Gasteiger partial charge >= 0.3 is 5.97 Å². The van der Waals surface area contributed by atoms with Gasteiger partial charge in [-0.3, -0.25) is 9.78 Å².